The van der Waals surface area contributed by atoms with Gasteiger partial charge in [-0.05, 0) is 34.1 Å². The second kappa shape index (κ2) is 10.3. The predicted molar refractivity (Wildman–Crippen MR) is 121 cm³/mol. The lowest BCUT2D eigenvalue weighted by atomic mass is 9.92. The summed E-state index contributed by atoms with van der Waals surface area (Å²) in [7, 11) is 1.47. The number of nitrogens with zero attached hydrogens (tertiary/aromatic N) is 1. The Balaban J connectivity index is 1.55. The Bertz CT molecular complexity index is 942. The van der Waals surface area contributed by atoms with Gasteiger partial charge in [-0.25, -0.2) is 4.79 Å². The van der Waals surface area contributed by atoms with Crippen molar-refractivity contribution >= 4 is 18.0 Å². The predicted octanol–water partition coefficient (Wildman–Crippen LogP) is 3.73. The summed E-state index contributed by atoms with van der Waals surface area (Å²) in [5.74, 6) is -1.33. The van der Waals surface area contributed by atoms with Crippen molar-refractivity contribution in [3.05, 3.63) is 59.7 Å². The molecular formula is C25H30N2O5. The van der Waals surface area contributed by atoms with E-state index >= 15 is 0 Å². The summed E-state index contributed by atoms with van der Waals surface area (Å²) in [4.78, 5) is 36.7. The molecule has 2 amide bonds. The number of ether oxygens (including phenoxy) is 1. The zero-order valence-electron chi connectivity index (χ0n) is 18.7. The number of carboxylic acid groups (broad SMARTS) is 1. The van der Waals surface area contributed by atoms with Crippen LogP contribution in [-0.4, -0.2) is 54.7 Å². The standard InChI is InChI=1S/C25H30N2O5/c1-16(2)17(12-23(28)27(3)14-24(29)30)13-26-25(31)32-15-22-20-10-6-4-8-18(20)19-9-5-7-11-21(19)22/h4-11,16-17,22H,12-15H2,1-3H3,(H,26,31)(H,29,30). The van der Waals surface area contributed by atoms with Crippen molar-refractivity contribution in [2.45, 2.75) is 26.2 Å². The number of carbonyl (C=O) groups is 3. The average molecular weight is 439 g/mol. The van der Waals surface area contributed by atoms with Crippen LogP contribution in [0.25, 0.3) is 11.1 Å². The van der Waals surface area contributed by atoms with Crippen molar-refractivity contribution in [1.82, 2.24) is 10.2 Å². The first kappa shape index (κ1) is 23.3. The van der Waals surface area contributed by atoms with Crippen molar-refractivity contribution in [2.75, 3.05) is 26.7 Å². The molecule has 2 N–H and O–H groups in total. The Morgan fingerprint density at radius 1 is 1.03 bits per heavy atom. The number of aliphatic carboxylic acids is 1. The lowest BCUT2D eigenvalue weighted by Crippen LogP contribution is -2.38. The number of carbonyl (C=O) groups excluding carboxylic acids is 2. The van der Waals surface area contributed by atoms with Gasteiger partial charge in [-0.3, -0.25) is 9.59 Å². The molecule has 0 saturated heterocycles. The summed E-state index contributed by atoms with van der Waals surface area (Å²) in [5.41, 5.74) is 4.63. The molecule has 0 saturated carbocycles. The number of nitrogens with one attached hydrogen (secondary N) is 1. The number of hydrogen-bond acceptors (Lipinski definition) is 4. The van der Waals surface area contributed by atoms with Crippen LogP contribution >= 0.6 is 0 Å². The van der Waals surface area contributed by atoms with E-state index in [1.165, 1.54) is 23.1 Å². The first-order valence-corrected chi connectivity index (χ1v) is 10.8. The molecule has 2 aromatic carbocycles. The summed E-state index contributed by atoms with van der Waals surface area (Å²) in [6.07, 6.45) is -0.366. The smallest absolute Gasteiger partial charge is 0.407 e. The van der Waals surface area contributed by atoms with Crippen LogP contribution in [0.15, 0.2) is 48.5 Å². The second-order valence-corrected chi connectivity index (χ2v) is 8.56. The lowest BCUT2D eigenvalue weighted by molar-refractivity contribution is -0.143. The van der Waals surface area contributed by atoms with Gasteiger partial charge >= 0.3 is 12.1 Å². The molecule has 0 aromatic heterocycles. The van der Waals surface area contributed by atoms with Crippen LogP contribution < -0.4 is 5.32 Å². The average Bonchev–Trinajstić information content (AvgIpc) is 3.08. The molecule has 0 radical (unpaired) electrons. The van der Waals surface area contributed by atoms with Crippen LogP contribution in [-0.2, 0) is 14.3 Å². The Hall–Kier alpha value is -3.35. The van der Waals surface area contributed by atoms with Crippen molar-refractivity contribution in [1.29, 1.82) is 0 Å². The van der Waals surface area contributed by atoms with Crippen LogP contribution in [0, 0.1) is 11.8 Å². The van der Waals surface area contributed by atoms with Crippen molar-refractivity contribution < 1.29 is 24.2 Å². The van der Waals surface area contributed by atoms with Crippen LogP contribution in [0.4, 0.5) is 4.79 Å². The molecule has 7 nitrogen and oxygen atoms in total. The van der Waals surface area contributed by atoms with E-state index < -0.39 is 12.1 Å². The minimum atomic E-state index is -1.06. The fourth-order valence-electron chi connectivity index (χ4n) is 4.08. The van der Waals surface area contributed by atoms with Crippen molar-refractivity contribution in [2.24, 2.45) is 11.8 Å². The molecule has 1 aliphatic carbocycles. The Labute approximate surface area is 188 Å². The van der Waals surface area contributed by atoms with E-state index in [9.17, 15) is 14.4 Å². The quantitative estimate of drug-likeness (QED) is 0.622. The number of alkyl carbamates (subject to hydrolysis) is 1. The van der Waals surface area contributed by atoms with Crippen molar-refractivity contribution in [3.63, 3.8) is 0 Å². The molecule has 0 spiro atoms. The minimum absolute atomic E-state index is 0.0136. The number of rotatable bonds is 9. The lowest BCUT2D eigenvalue weighted by Gasteiger charge is -2.23. The summed E-state index contributed by atoms with van der Waals surface area (Å²) < 4.78 is 5.55. The molecule has 0 aliphatic heterocycles. The van der Waals surface area contributed by atoms with E-state index in [1.54, 1.807) is 0 Å². The molecular weight excluding hydrogens is 408 g/mol. The van der Waals surface area contributed by atoms with E-state index in [-0.39, 0.29) is 49.8 Å². The highest BCUT2D eigenvalue weighted by molar-refractivity contribution is 5.81. The van der Waals surface area contributed by atoms with Crippen LogP contribution in [0.2, 0.25) is 0 Å². The first-order valence-electron chi connectivity index (χ1n) is 10.8. The SMILES string of the molecule is CC(C)C(CNC(=O)OCC1c2ccccc2-c2ccccc21)CC(=O)N(C)CC(=O)O. The third-order valence-corrected chi connectivity index (χ3v) is 6.03. The minimum Gasteiger partial charge on any atom is -0.480 e. The summed E-state index contributed by atoms with van der Waals surface area (Å²) in [6.45, 7) is 4.10. The van der Waals surface area contributed by atoms with E-state index in [0.717, 1.165) is 11.1 Å². The van der Waals surface area contributed by atoms with E-state index in [2.05, 4.69) is 29.6 Å². The molecule has 3 rings (SSSR count). The monoisotopic (exact) mass is 438 g/mol. The molecule has 1 unspecified atom stereocenters. The molecule has 0 bridgehead atoms. The van der Waals surface area contributed by atoms with Gasteiger partial charge in [0.15, 0.2) is 0 Å². The highest BCUT2D eigenvalue weighted by Crippen LogP contribution is 2.44. The van der Waals surface area contributed by atoms with Gasteiger partial charge in [-0.2, -0.15) is 0 Å². The molecule has 0 fully saturated rings. The molecule has 32 heavy (non-hydrogen) atoms. The van der Waals surface area contributed by atoms with Crippen molar-refractivity contribution in [3.8, 4) is 11.1 Å². The van der Waals surface area contributed by atoms with Gasteiger partial charge in [0, 0.05) is 25.9 Å². The third-order valence-electron chi connectivity index (χ3n) is 6.03. The van der Waals surface area contributed by atoms with Gasteiger partial charge in [0.05, 0.1) is 0 Å². The highest BCUT2D eigenvalue weighted by atomic mass is 16.5. The van der Waals surface area contributed by atoms with Gasteiger partial charge < -0.3 is 20.1 Å². The number of carboxylic acids is 1. The third kappa shape index (κ3) is 5.46. The molecule has 1 atom stereocenters. The zero-order chi connectivity index (χ0) is 23.3. The zero-order valence-corrected chi connectivity index (χ0v) is 18.7. The molecule has 1 aliphatic rings. The Morgan fingerprint density at radius 2 is 1.59 bits per heavy atom. The summed E-state index contributed by atoms with van der Waals surface area (Å²) in [6, 6.07) is 16.3. The number of benzene rings is 2. The highest BCUT2D eigenvalue weighted by Gasteiger charge is 2.29. The topological polar surface area (TPSA) is 95.9 Å². The van der Waals surface area contributed by atoms with E-state index in [1.807, 2.05) is 38.1 Å². The summed E-state index contributed by atoms with van der Waals surface area (Å²) >= 11 is 0. The molecule has 2 aromatic rings. The van der Waals surface area contributed by atoms with Crippen LogP contribution in [0.5, 0.6) is 0 Å². The maximum Gasteiger partial charge on any atom is 0.407 e. The molecule has 0 heterocycles. The van der Waals surface area contributed by atoms with Crippen LogP contribution in [0.1, 0.15) is 37.3 Å². The van der Waals surface area contributed by atoms with Crippen LogP contribution in [0.3, 0.4) is 0 Å². The maximum absolute atomic E-state index is 12.4. The molecule has 7 heteroatoms. The van der Waals surface area contributed by atoms with Gasteiger partial charge in [-0.15, -0.1) is 0 Å². The normalized spacial score (nSPS) is 13.2. The first-order chi connectivity index (χ1) is 15.3. The number of fused-ring (bicyclic) bond motifs is 3. The summed E-state index contributed by atoms with van der Waals surface area (Å²) in [5, 5.41) is 11.6. The maximum atomic E-state index is 12.4. The number of amides is 2. The second-order valence-electron chi connectivity index (χ2n) is 8.56. The van der Waals surface area contributed by atoms with E-state index in [0.29, 0.717) is 0 Å². The van der Waals surface area contributed by atoms with Gasteiger partial charge in [0.1, 0.15) is 13.2 Å². The fourth-order valence-corrected chi connectivity index (χ4v) is 4.08. The molecule has 170 valence electrons. The fraction of sp³-hybridized carbons (Fsp3) is 0.400. The number of likely N-dealkylation sites (N-methyl/N-ethyl adjacent to an activating group) is 1. The van der Waals surface area contributed by atoms with Gasteiger partial charge in [0.25, 0.3) is 0 Å². The van der Waals surface area contributed by atoms with Gasteiger partial charge in [0.2, 0.25) is 5.91 Å². The number of hydrogen-bond donors (Lipinski definition) is 2. The Kier molecular flexibility index (Phi) is 7.51. The largest absolute Gasteiger partial charge is 0.480 e. The Morgan fingerprint density at radius 3 is 2.12 bits per heavy atom. The van der Waals surface area contributed by atoms with E-state index in [4.69, 9.17) is 9.84 Å². The van der Waals surface area contributed by atoms with Gasteiger partial charge in [-0.1, -0.05) is 62.4 Å².